The van der Waals surface area contributed by atoms with E-state index in [2.05, 4.69) is 271 Å². The minimum Gasteiger partial charge on any atom is -0.496 e. The highest BCUT2D eigenvalue weighted by Crippen LogP contribution is 2.39. The molecule has 0 saturated carbocycles. The molecule has 9 heterocycles. The van der Waals surface area contributed by atoms with E-state index in [0.29, 0.717) is 23.3 Å². The first-order valence-electron chi connectivity index (χ1n) is 36.9. The maximum atomic E-state index is 12.8. The summed E-state index contributed by atoms with van der Waals surface area (Å²) in [6, 6.07) is 62.0. The number of hydrogen-bond donors (Lipinski definition) is 3. The molecule has 0 spiro atoms. The third-order valence-corrected chi connectivity index (χ3v) is 19.8. The number of amides is 2. The average molecular weight is 1580 g/mol. The van der Waals surface area contributed by atoms with E-state index >= 15 is 0 Å². The van der Waals surface area contributed by atoms with E-state index in [1.807, 2.05) is 142 Å². The summed E-state index contributed by atoms with van der Waals surface area (Å²) in [7, 11) is 16.1. The number of aryl methyl sites for hydroxylation is 10. The zero-order valence-electron chi connectivity index (χ0n) is 66.6. The Bertz CT molecular complexity index is 6290. The molecule has 0 unspecified atom stereocenters. The SMILES string of the molecule is C=C(Cc1cn(C)c2ccccc12)OC(C)C.C=NCc1cn(C)c2ccccc12.CN(C)Cc1c[nH]c2ccccc12.Cc1ccc2c(C(=O)C(=O)Cl)cn(C)c2c1.Cc1ccc2c(C3=C(c4cn(C)c5ccccc45)C(=O)NC3=O)cn(C)c2c1.Cc1ccc2cc[nH]c2c1.Cc1ccc2ccn(C)c2c1.O=C(Cl)C(=O)Cl. The van der Waals surface area contributed by atoms with Gasteiger partial charge in [-0.05, 0) is 208 Å². The van der Waals surface area contributed by atoms with E-state index in [1.54, 1.807) is 6.20 Å². The zero-order chi connectivity index (χ0) is 82.4. The molecule has 0 atom stereocenters. The van der Waals surface area contributed by atoms with E-state index in [4.69, 9.17) is 16.3 Å². The number of rotatable bonds is 13. The van der Waals surface area contributed by atoms with E-state index < -0.39 is 21.5 Å². The first-order valence-corrected chi connectivity index (χ1v) is 38.0. The van der Waals surface area contributed by atoms with Crippen LogP contribution in [0.5, 0.6) is 0 Å². The number of allylic oxidation sites excluding steroid dienone is 1. The number of ketones is 1. The third kappa shape index (κ3) is 20.3. The standard InChI is InChI=1S/C23H19N3O2.C15H19NO.C12H10ClNO2.C11H14N2.C11H12N2.C10H11N.C9H9N.C2Cl2O2/c1-13-8-9-15-17(12-26(3)19(15)10-13)21-20(22(27)24-23(21)28)16-11-25(2)18-7-5-4-6-14(16)18;1-11(2)17-12(3)9-13-10-16(4)15-8-6-5-7-14(13)15;1-7-3-4-8-9(11(15)12(13)16)6-14(2)10(8)5-7;1-13(2)8-9-7-12-11-6-4-3-5-10(9)11;1-12-7-9-8-13(2)11-6-4-3-5-10(9)11;1-8-3-4-9-5-6-11(2)10(9)7-8;1-7-2-3-8-4-5-10-9(8)6-7;3-1(5)2(4)6/h4-12H,1-3H3,(H,24,27,28);5-8,10-11H,3,9H2,1-2,4H3;3-6H,1-2H3;3-7,12H,8H2,1-2H3;3-6,8H,1,7H2,2H3;3-7H,1-2H3;2-6,10H,1H3;. The number of Topliss-reactive ketones (excluding diaryl/α,β-unsaturated/α-hetero) is 1. The Hall–Kier alpha value is -12.3. The third-order valence-electron chi connectivity index (χ3n) is 19.2. The van der Waals surface area contributed by atoms with Crippen molar-refractivity contribution >= 4 is 173 Å². The second-order valence-electron chi connectivity index (χ2n) is 28.7. The number of nitrogens with one attached hydrogen (secondary N) is 3. The Balaban J connectivity index is 0.000000143. The minimum absolute atomic E-state index is 0.192. The number of carbonyl (C=O) groups excluding carboxylic acids is 6. The molecule has 8 aromatic carbocycles. The summed E-state index contributed by atoms with van der Waals surface area (Å²) in [6.45, 7) is 21.4. The van der Waals surface area contributed by atoms with Gasteiger partial charge in [0.1, 0.15) is 0 Å². The average Bonchev–Trinajstić information content (AvgIpc) is 1.59. The molecule has 1 aliphatic heterocycles. The van der Waals surface area contributed by atoms with Gasteiger partial charge in [0.2, 0.25) is 5.78 Å². The molecule has 584 valence electrons. The first-order chi connectivity index (χ1) is 54.4. The van der Waals surface area contributed by atoms with Crippen molar-refractivity contribution in [2.45, 2.75) is 67.2 Å². The van der Waals surface area contributed by atoms with Crippen LogP contribution in [0, 0.1) is 27.7 Å². The van der Waals surface area contributed by atoms with Gasteiger partial charge in [-0.2, -0.15) is 0 Å². The van der Waals surface area contributed by atoms with E-state index in [1.165, 1.54) is 82.3 Å². The van der Waals surface area contributed by atoms with Crippen molar-refractivity contribution in [1.29, 1.82) is 0 Å². The number of para-hydroxylation sites is 4. The van der Waals surface area contributed by atoms with E-state index in [0.717, 1.165) is 73.7 Å². The summed E-state index contributed by atoms with van der Waals surface area (Å²) < 4.78 is 17.8. The molecule has 8 aromatic heterocycles. The van der Waals surface area contributed by atoms with Crippen LogP contribution in [0.2, 0.25) is 0 Å². The van der Waals surface area contributed by atoms with Gasteiger partial charge in [-0.3, -0.25) is 39.1 Å². The molecule has 18 nitrogen and oxygen atoms in total. The van der Waals surface area contributed by atoms with Gasteiger partial charge in [-0.1, -0.05) is 128 Å². The number of nitrogens with zero attached hydrogens (tertiary/aromatic N) is 8. The second-order valence-corrected chi connectivity index (χ2v) is 29.7. The summed E-state index contributed by atoms with van der Waals surface area (Å²) in [6.07, 6.45) is 16.9. The van der Waals surface area contributed by atoms with Gasteiger partial charge >= 0.3 is 10.5 Å². The van der Waals surface area contributed by atoms with Crippen LogP contribution in [0.4, 0.5) is 0 Å². The lowest BCUT2D eigenvalue weighted by Gasteiger charge is -2.11. The quantitative estimate of drug-likeness (QED) is 0.0253. The van der Waals surface area contributed by atoms with Crippen LogP contribution in [0.15, 0.2) is 249 Å². The number of aliphatic imine (C=N–C) groups is 1. The van der Waals surface area contributed by atoms with Crippen LogP contribution in [-0.4, -0.2) is 103 Å². The number of ether oxygens (including phenoxy) is 1. The predicted octanol–water partition coefficient (Wildman–Crippen LogP) is 19.7. The summed E-state index contributed by atoms with van der Waals surface area (Å²) in [5.74, 6) is -0.519. The highest BCUT2D eigenvalue weighted by atomic mass is 35.5. The van der Waals surface area contributed by atoms with Crippen molar-refractivity contribution in [3.63, 3.8) is 0 Å². The minimum atomic E-state index is -1.14. The fraction of sp³-hybridized carbons (Fsp3) is 0.194. The molecule has 1 aliphatic rings. The van der Waals surface area contributed by atoms with Crippen LogP contribution < -0.4 is 5.32 Å². The Labute approximate surface area is 678 Å². The topological polar surface area (TPSA) is 200 Å². The van der Waals surface area contributed by atoms with Crippen molar-refractivity contribution in [1.82, 2.24) is 47.6 Å². The van der Waals surface area contributed by atoms with Crippen molar-refractivity contribution in [3.05, 3.63) is 300 Å². The molecule has 16 aromatic rings. The van der Waals surface area contributed by atoms with Crippen LogP contribution >= 0.6 is 34.8 Å². The van der Waals surface area contributed by atoms with Crippen molar-refractivity contribution in [2.75, 3.05) is 14.1 Å². The van der Waals surface area contributed by atoms with Crippen molar-refractivity contribution in [3.8, 4) is 0 Å². The lowest BCUT2D eigenvalue weighted by molar-refractivity contribution is -0.127. The number of benzene rings is 8. The molecule has 2 amide bonds. The van der Waals surface area contributed by atoms with Gasteiger partial charge in [0.05, 0.1) is 35.1 Å². The molecule has 0 radical (unpaired) electrons. The largest absolute Gasteiger partial charge is 0.496 e. The zero-order valence-corrected chi connectivity index (χ0v) is 68.9. The van der Waals surface area contributed by atoms with E-state index in [9.17, 15) is 28.8 Å². The van der Waals surface area contributed by atoms with Crippen LogP contribution in [-0.2, 0) is 90.5 Å². The van der Waals surface area contributed by atoms with Gasteiger partial charge in [0, 0.05) is 192 Å². The van der Waals surface area contributed by atoms with Crippen LogP contribution in [0.25, 0.3) is 98.4 Å². The van der Waals surface area contributed by atoms with E-state index in [-0.39, 0.29) is 17.9 Å². The fourth-order valence-electron chi connectivity index (χ4n) is 13.9. The molecular formula is C93H94Cl3N11O7. The summed E-state index contributed by atoms with van der Waals surface area (Å²) in [4.78, 5) is 79.4. The Morgan fingerprint density at radius 1 is 0.465 bits per heavy atom. The maximum absolute atomic E-state index is 12.8. The lowest BCUT2D eigenvalue weighted by Crippen LogP contribution is -2.22. The fourth-order valence-corrected chi connectivity index (χ4v) is 14.0. The molecular weight excluding hydrogens is 1490 g/mol. The molecule has 21 heteroatoms. The maximum Gasteiger partial charge on any atom is 0.304 e. The molecule has 17 rings (SSSR count). The van der Waals surface area contributed by atoms with Gasteiger partial charge < -0.3 is 47.0 Å². The smallest absolute Gasteiger partial charge is 0.304 e. The number of fused-ring (bicyclic) bond motifs is 8. The highest BCUT2D eigenvalue weighted by Gasteiger charge is 2.35. The predicted molar refractivity (Wildman–Crippen MR) is 470 cm³/mol. The Morgan fingerprint density at radius 2 is 0.921 bits per heavy atom. The number of hydrogen-bond acceptors (Lipinski definition) is 9. The molecule has 0 bridgehead atoms. The summed E-state index contributed by atoms with van der Waals surface area (Å²) >= 11 is 14.2. The van der Waals surface area contributed by atoms with Crippen molar-refractivity contribution in [2.24, 2.45) is 47.3 Å². The lowest BCUT2D eigenvalue weighted by atomic mass is 9.95. The summed E-state index contributed by atoms with van der Waals surface area (Å²) in [5, 5.41) is 8.43. The first kappa shape index (κ1) is 84.1. The monoisotopic (exact) mass is 1580 g/mol. The van der Waals surface area contributed by atoms with Crippen LogP contribution in [0.3, 0.4) is 0 Å². The molecule has 0 saturated heterocycles. The number of halogens is 3. The van der Waals surface area contributed by atoms with Gasteiger partial charge in [-0.15, -0.1) is 0 Å². The van der Waals surface area contributed by atoms with Gasteiger partial charge in [-0.25, -0.2) is 0 Å². The normalized spacial score (nSPS) is 11.6. The number of imide groups is 1. The number of aromatic amines is 2. The highest BCUT2D eigenvalue weighted by molar-refractivity contribution is 6.97. The summed E-state index contributed by atoms with van der Waals surface area (Å²) in [5.41, 5.74) is 20.8. The number of carbonyl (C=O) groups is 6. The molecule has 114 heavy (non-hydrogen) atoms. The van der Waals surface area contributed by atoms with Gasteiger partial charge in [0.15, 0.2) is 0 Å². The Morgan fingerprint density at radius 3 is 1.48 bits per heavy atom. The molecule has 0 aliphatic carbocycles. The number of H-pyrrole nitrogens is 2. The van der Waals surface area contributed by atoms with Crippen molar-refractivity contribution < 1.29 is 33.5 Å². The molecule has 0 fully saturated rings. The number of aromatic nitrogens is 8. The van der Waals surface area contributed by atoms with Gasteiger partial charge in [0.25, 0.3) is 17.1 Å². The second kappa shape index (κ2) is 37.8. The Kier molecular flexibility index (Phi) is 27.9. The van der Waals surface area contributed by atoms with Crippen LogP contribution in [0.1, 0.15) is 74.3 Å². The molecule has 3 N–H and O–H groups in total.